The molecule has 0 bridgehead atoms. The molecule has 2 aromatic rings. The van der Waals surface area contributed by atoms with E-state index in [1.807, 2.05) is 0 Å². The molecule has 9 heteroatoms. The molecule has 0 saturated heterocycles. The summed E-state index contributed by atoms with van der Waals surface area (Å²) in [5.41, 5.74) is 3.82. The molecule has 2 heterocycles. The molecule has 2 N–H and O–H groups in total. The van der Waals surface area contributed by atoms with E-state index in [-0.39, 0.29) is 37.3 Å². The van der Waals surface area contributed by atoms with Gasteiger partial charge in [-0.15, -0.1) is 5.10 Å². The van der Waals surface area contributed by atoms with E-state index in [0.29, 0.717) is 5.82 Å². The first-order chi connectivity index (χ1) is 11.3. The van der Waals surface area contributed by atoms with Crippen molar-refractivity contribution in [2.24, 2.45) is 11.1 Å². The number of rotatable bonds is 6. The van der Waals surface area contributed by atoms with E-state index in [1.165, 1.54) is 23.0 Å². The lowest BCUT2D eigenvalue weighted by Crippen LogP contribution is -2.26. The Morgan fingerprint density at radius 1 is 1.33 bits per heavy atom. The average Bonchev–Trinajstić information content (AvgIpc) is 3.18. The Morgan fingerprint density at radius 2 is 2.08 bits per heavy atom. The van der Waals surface area contributed by atoms with Crippen molar-refractivity contribution in [2.45, 2.75) is 25.4 Å². The summed E-state index contributed by atoms with van der Waals surface area (Å²) in [6.07, 6.45) is -1.05. The van der Waals surface area contributed by atoms with Gasteiger partial charge in [-0.2, -0.15) is 13.2 Å². The molecule has 2 aromatic heterocycles. The number of nitrogens with two attached hydrogens (primary N) is 1. The first kappa shape index (κ1) is 16.3. The zero-order chi connectivity index (χ0) is 17.4. The average molecular weight is 340 g/mol. The number of amides is 1. The second kappa shape index (κ2) is 5.81. The number of halogens is 3. The highest BCUT2D eigenvalue weighted by atomic mass is 19.4. The highest BCUT2D eigenvalue weighted by molar-refractivity contribution is 5.92. The summed E-state index contributed by atoms with van der Waals surface area (Å²) < 4.78 is 45.2. The Balaban J connectivity index is 1.59. The Morgan fingerprint density at radius 3 is 2.62 bits per heavy atom. The Labute approximate surface area is 135 Å². The van der Waals surface area contributed by atoms with Crippen LogP contribution in [0.4, 0.5) is 13.2 Å². The van der Waals surface area contributed by atoms with Crippen molar-refractivity contribution in [3.05, 3.63) is 36.2 Å². The number of ether oxygens (including phenoxy) is 1. The molecule has 1 fully saturated rings. The standard InChI is InChI=1S/C15H15F3N4O2/c16-15(17,18)14(4-5-14)6-8-24-12-3-7-22(21-12)11-2-1-10(9-20-11)13(19)23/h1-3,7,9H,4-6,8H2,(H2,19,23). The fraction of sp³-hybridized carbons (Fsp3) is 0.400. The summed E-state index contributed by atoms with van der Waals surface area (Å²) in [5.74, 6) is 0.0646. The van der Waals surface area contributed by atoms with Crippen LogP contribution >= 0.6 is 0 Å². The van der Waals surface area contributed by atoms with Gasteiger partial charge in [-0.25, -0.2) is 9.67 Å². The van der Waals surface area contributed by atoms with E-state index in [9.17, 15) is 18.0 Å². The zero-order valence-electron chi connectivity index (χ0n) is 12.6. The molecule has 128 valence electrons. The molecule has 6 nitrogen and oxygen atoms in total. The van der Waals surface area contributed by atoms with Crippen molar-refractivity contribution in [3.63, 3.8) is 0 Å². The lowest BCUT2D eigenvalue weighted by molar-refractivity contribution is -0.190. The molecule has 3 rings (SSSR count). The van der Waals surface area contributed by atoms with Crippen LogP contribution in [-0.4, -0.2) is 33.5 Å². The topological polar surface area (TPSA) is 83.0 Å². The third-order valence-electron chi connectivity index (χ3n) is 4.12. The van der Waals surface area contributed by atoms with Gasteiger partial charge in [0.05, 0.1) is 17.6 Å². The van der Waals surface area contributed by atoms with Crippen molar-refractivity contribution >= 4 is 5.91 Å². The van der Waals surface area contributed by atoms with Crippen LogP contribution in [-0.2, 0) is 0 Å². The number of nitrogens with zero attached hydrogens (tertiary/aromatic N) is 3. The van der Waals surface area contributed by atoms with Crippen LogP contribution in [0.5, 0.6) is 5.88 Å². The van der Waals surface area contributed by atoms with E-state index in [4.69, 9.17) is 10.5 Å². The van der Waals surface area contributed by atoms with Crippen LogP contribution in [0.2, 0.25) is 0 Å². The van der Waals surface area contributed by atoms with Crippen molar-refractivity contribution in [2.75, 3.05) is 6.61 Å². The Hall–Kier alpha value is -2.58. The minimum atomic E-state index is -4.18. The van der Waals surface area contributed by atoms with Crippen LogP contribution in [0.15, 0.2) is 30.6 Å². The summed E-state index contributed by atoms with van der Waals surface area (Å²) in [4.78, 5) is 15.0. The van der Waals surface area contributed by atoms with Crippen molar-refractivity contribution < 1.29 is 22.7 Å². The largest absolute Gasteiger partial charge is 0.477 e. The highest BCUT2D eigenvalue weighted by Gasteiger charge is 2.62. The summed E-state index contributed by atoms with van der Waals surface area (Å²) in [6, 6.07) is 4.60. The maximum absolute atomic E-state index is 12.8. The van der Waals surface area contributed by atoms with Gasteiger partial charge in [0.15, 0.2) is 5.82 Å². The second-order valence-corrected chi connectivity index (χ2v) is 5.74. The molecule has 0 atom stereocenters. The third-order valence-corrected chi connectivity index (χ3v) is 4.12. The molecular weight excluding hydrogens is 325 g/mol. The van der Waals surface area contributed by atoms with Crippen LogP contribution in [0.1, 0.15) is 29.6 Å². The first-order valence-corrected chi connectivity index (χ1v) is 7.32. The lowest BCUT2D eigenvalue weighted by Gasteiger charge is -2.18. The normalized spacial score (nSPS) is 16.0. The monoisotopic (exact) mass is 340 g/mol. The third kappa shape index (κ3) is 3.19. The molecular formula is C15H15F3N4O2. The van der Waals surface area contributed by atoms with Crippen LogP contribution < -0.4 is 10.5 Å². The van der Waals surface area contributed by atoms with E-state index >= 15 is 0 Å². The molecule has 24 heavy (non-hydrogen) atoms. The van der Waals surface area contributed by atoms with Crippen LogP contribution in [0, 0.1) is 5.41 Å². The molecule has 0 aromatic carbocycles. The van der Waals surface area contributed by atoms with Gasteiger partial charge in [0.1, 0.15) is 0 Å². The minimum absolute atomic E-state index is 0.0510. The van der Waals surface area contributed by atoms with Gasteiger partial charge in [-0.05, 0) is 31.4 Å². The van der Waals surface area contributed by atoms with Crippen molar-refractivity contribution in [1.82, 2.24) is 14.8 Å². The molecule has 1 aliphatic carbocycles. The fourth-order valence-electron chi connectivity index (χ4n) is 2.36. The smallest absolute Gasteiger partial charge is 0.394 e. The molecule has 1 saturated carbocycles. The summed E-state index contributed by atoms with van der Waals surface area (Å²) in [6.45, 7) is -0.0510. The van der Waals surface area contributed by atoms with Gasteiger partial charge < -0.3 is 10.5 Å². The van der Waals surface area contributed by atoms with E-state index in [0.717, 1.165) is 0 Å². The quantitative estimate of drug-likeness (QED) is 0.876. The summed E-state index contributed by atoms with van der Waals surface area (Å²) in [5, 5.41) is 4.09. The Bertz CT molecular complexity index is 736. The number of alkyl halides is 3. The maximum Gasteiger partial charge on any atom is 0.394 e. The van der Waals surface area contributed by atoms with E-state index < -0.39 is 17.5 Å². The first-order valence-electron chi connectivity index (χ1n) is 7.32. The second-order valence-electron chi connectivity index (χ2n) is 5.74. The Kier molecular flexibility index (Phi) is 3.94. The minimum Gasteiger partial charge on any atom is -0.477 e. The van der Waals surface area contributed by atoms with Gasteiger partial charge in [0.25, 0.3) is 0 Å². The zero-order valence-corrected chi connectivity index (χ0v) is 12.6. The van der Waals surface area contributed by atoms with Crippen molar-refractivity contribution in [1.29, 1.82) is 0 Å². The number of hydrogen-bond acceptors (Lipinski definition) is 4. The molecule has 0 unspecified atom stereocenters. The number of pyridine rings is 1. The SMILES string of the molecule is NC(=O)c1ccc(-n2ccc(OCCC3(C(F)(F)F)CC3)n2)nc1. The number of primary amides is 1. The van der Waals surface area contributed by atoms with Gasteiger partial charge in [-0.3, -0.25) is 4.79 Å². The lowest BCUT2D eigenvalue weighted by atomic mass is 10.0. The number of hydrogen-bond donors (Lipinski definition) is 1. The van der Waals surface area contributed by atoms with E-state index in [2.05, 4.69) is 10.1 Å². The van der Waals surface area contributed by atoms with Gasteiger partial charge in [-0.1, -0.05) is 0 Å². The van der Waals surface area contributed by atoms with Crippen molar-refractivity contribution in [3.8, 4) is 11.7 Å². The molecule has 0 spiro atoms. The van der Waals surface area contributed by atoms with Crippen LogP contribution in [0.3, 0.4) is 0 Å². The predicted molar refractivity (Wildman–Crippen MR) is 77.7 cm³/mol. The molecule has 0 radical (unpaired) electrons. The van der Waals surface area contributed by atoms with Crippen LogP contribution in [0.25, 0.3) is 5.82 Å². The molecule has 0 aliphatic heterocycles. The van der Waals surface area contributed by atoms with Gasteiger partial charge in [0.2, 0.25) is 11.8 Å². The number of carbonyl (C=O) groups is 1. The summed E-state index contributed by atoms with van der Waals surface area (Å²) in [7, 11) is 0. The van der Waals surface area contributed by atoms with Gasteiger partial charge in [0, 0.05) is 18.5 Å². The highest BCUT2D eigenvalue weighted by Crippen LogP contribution is 2.59. The fourth-order valence-corrected chi connectivity index (χ4v) is 2.36. The summed E-state index contributed by atoms with van der Waals surface area (Å²) >= 11 is 0. The number of aromatic nitrogens is 3. The van der Waals surface area contributed by atoms with E-state index in [1.54, 1.807) is 12.3 Å². The van der Waals surface area contributed by atoms with Gasteiger partial charge >= 0.3 is 6.18 Å². The molecule has 1 aliphatic rings. The predicted octanol–water partition coefficient (Wildman–Crippen LogP) is 2.48. The number of carbonyl (C=O) groups excluding carboxylic acids is 1. The maximum atomic E-state index is 12.8. The molecule has 1 amide bonds.